The SMILES string of the molecule is Cc1ccc([C@@H](CNC(=O)c2cnc(-c3cccnc3)nc2)N(C)C)o1. The molecule has 1 atom stereocenters. The summed E-state index contributed by atoms with van der Waals surface area (Å²) in [5, 5.41) is 2.91. The molecule has 0 aromatic carbocycles. The minimum absolute atomic E-state index is 0.0526. The third-order valence-corrected chi connectivity index (χ3v) is 4.00. The molecule has 0 aliphatic heterocycles. The Balaban J connectivity index is 1.66. The molecule has 0 saturated carbocycles. The molecule has 134 valence electrons. The van der Waals surface area contributed by atoms with Crippen molar-refractivity contribution in [2.24, 2.45) is 0 Å². The van der Waals surface area contributed by atoms with E-state index in [-0.39, 0.29) is 11.9 Å². The number of aryl methyl sites for hydroxylation is 1. The summed E-state index contributed by atoms with van der Waals surface area (Å²) >= 11 is 0. The maximum Gasteiger partial charge on any atom is 0.254 e. The molecule has 0 unspecified atom stereocenters. The van der Waals surface area contributed by atoms with Crippen LogP contribution in [0.15, 0.2) is 53.5 Å². The minimum atomic E-state index is -0.224. The molecule has 3 heterocycles. The maximum atomic E-state index is 12.4. The van der Waals surface area contributed by atoms with E-state index in [4.69, 9.17) is 4.42 Å². The zero-order valence-corrected chi connectivity index (χ0v) is 15.0. The average molecular weight is 351 g/mol. The zero-order chi connectivity index (χ0) is 18.5. The van der Waals surface area contributed by atoms with Crippen molar-refractivity contribution in [2.75, 3.05) is 20.6 Å². The Morgan fingerprint density at radius 1 is 1.19 bits per heavy atom. The van der Waals surface area contributed by atoms with E-state index in [0.717, 1.165) is 17.1 Å². The van der Waals surface area contributed by atoms with Gasteiger partial charge in [-0.2, -0.15) is 0 Å². The molecule has 0 aliphatic carbocycles. The molecule has 0 fully saturated rings. The van der Waals surface area contributed by atoms with E-state index < -0.39 is 0 Å². The molecule has 3 aromatic rings. The van der Waals surface area contributed by atoms with Crippen LogP contribution < -0.4 is 5.32 Å². The van der Waals surface area contributed by atoms with Crippen LogP contribution in [-0.2, 0) is 0 Å². The van der Waals surface area contributed by atoms with E-state index in [9.17, 15) is 4.79 Å². The monoisotopic (exact) mass is 351 g/mol. The number of amides is 1. The first-order chi connectivity index (χ1) is 12.5. The standard InChI is InChI=1S/C19H21N5O2/c1-13-6-7-17(26-13)16(24(2)3)12-23-19(25)15-10-21-18(22-11-15)14-5-4-8-20-9-14/h4-11,16H,12H2,1-3H3,(H,23,25)/t16-/m1/s1. The summed E-state index contributed by atoms with van der Waals surface area (Å²) < 4.78 is 5.69. The van der Waals surface area contributed by atoms with E-state index in [1.165, 1.54) is 12.4 Å². The van der Waals surface area contributed by atoms with E-state index in [1.807, 2.05) is 50.2 Å². The van der Waals surface area contributed by atoms with Gasteiger partial charge in [0.05, 0.1) is 11.6 Å². The zero-order valence-electron chi connectivity index (χ0n) is 15.0. The molecule has 3 aromatic heterocycles. The lowest BCUT2D eigenvalue weighted by molar-refractivity contribution is 0.0938. The predicted molar refractivity (Wildman–Crippen MR) is 97.5 cm³/mol. The van der Waals surface area contributed by atoms with Crippen LogP contribution in [0.4, 0.5) is 0 Å². The molecule has 0 radical (unpaired) electrons. The highest BCUT2D eigenvalue weighted by Crippen LogP contribution is 2.20. The van der Waals surface area contributed by atoms with Gasteiger partial charge in [-0.1, -0.05) is 0 Å². The van der Waals surface area contributed by atoms with Crippen LogP contribution in [0.5, 0.6) is 0 Å². The van der Waals surface area contributed by atoms with Gasteiger partial charge in [-0.25, -0.2) is 9.97 Å². The molecule has 3 rings (SSSR count). The Bertz CT molecular complexity index is 859. The maximum absolute atomic E-state index is 12.4. The normalized spacial score (nSPS) is 12.2. The second-order valence-electron chi connectivity index (χ2n) is 6.17. The molecule has 0 saturated heterocycles. The highest BCUT2D eigenvalue weighted by atomic mass is 16.3. The van der Waals surface area contributed by atoms with Gasteiger partial charge in [-0.15, -0.1) is 0 Å². The Morgan fingerprint density at radius 3 is 2.54 bits per heavy atom. The number of nitrogens with zero attached hydrogens (tertiary/aromatic N) is 4. The van der Waals surface area contributed by atoms with E-state index in [1.54, 1.807) is 12.4 Å². The van der Waals surface area contributed by atoms with Crippen molar-refractivity contribution >= 4 is 5.91 Å². The Labute approximate surface area is 152 Å². The average Bonchev–Trinajstić information content (AvgIpc) is 3.08. The predicted octanol–water partition coefficient (Wildman–Crippen LogP) is 2.47. The number of hydrogen-bond donors (Lipinski definition) is 1. The van der Waals surface area contributed by atoms with Gasteiger partial charge in [0.15, 0.2) is 5.82 Å². The van der Waals surface area contributed by atoms with Crippen molar-refractivity contribution in [1.29, 1.82) is 0 Å². The Morgan fingerprint density at radius 2 is 1.96 bits per heavy atom. The van der Waals surface area contributed by atoms with Gasteiger partial charge in [0.1, 0.15) is 11.5 Å². The molecule has 7 heteroatoms. The number of rotatable bonds is 6. The molecule has 0 aliphatic rings. The largest absolute Gasteiger partial charge is 0.465 e. The number of likely N-dealkylation sites (N-methyl/N-ethyl adjacent to an activating group) is 1. The molecule has 1 amide bonds. The number of pyridine rings is 1. The van der Waals surface area contributed by atoms with Crippen LogP contribution in [0.2, 0.25) is 0 Å². The number of carbonyl (C=O) groups is 1. The number of hydrogen-bond acceptors (Lipinski definition) is 6. The molecule has 0 bridgehead atoms. The van der Waals surface area contributed by atoms with Gasteiger partial charge in [0.2, 0.25) is 0 Å². The molecular formula is C19H21N5O2. The van der Waals surface area contributed by atoms with Gasteiger partial charge >= 0.3 is 0 Å². The molecule has 26 heavy (non-hydrogen) atoms. The van der Waals surface area contributed by atoms with Crippen molar-refractivity contribution in [2.45, 2.75) is 13.0 Å². The second-order valence-corrected chi connectivity index (χ2v) is 6.17. The van der Waals surface area contributed by atoms with Gasteiger partial charge in [-0.3, -0.25) is 14.7 Å². The fourth-order valence-corrected chi connectivity index (χ4v) is 2.55. The van der Waals surface area contributed by atoms with Gasteiger partial charge in [0, 0.05) is 36.9 Å². The fourth-order valence-electron chi connectivity index (χ4n) is 2.55. The first kappa shape index (κ1) is 17.8. The van der Waals surface area contributed by atoms with Crippen LogP contribution >= 0.6 is 0 Å². The van der Waals surface area contributed by atoms with Gasteiger partial charge < -0.3 is 9.73 Å². The molecule has 7 nitrogen and oxygen atoms in total. The third kappa shape index (κ3) is 4.12. The quantitative estimate of drug-likeness (QED) is 0.734. The first-order valence-electron chi connectivity index (χ1n) is 8.28. The lowest BCUT2D eigenvalue weighted by Gasteiger charge is -2.22. The van der Waals surface area contributed by atoms with Gasteiger partial charge in [0.25, 0.3) is 5.91 Å². The smallest absolute Gasteiger partial charge is 0.254 e. The second kappa shape index (κ2) is 7.88. The Kier molecular flexibility index (Phi) is 5.38. The summed E-state index contributed by atoms with van der Waals surface area (Å²) in [6, 6.07) is 7.48. The van der Waals surface area contributed by atoms with Crippen LogP contribution in [0.25, 0.3) is 11.4 Å². The Hall–Kier alpha value is -3.06. The van der Waals surface area contributed by atoms with Crippen molar-refractivity contribution in [1.82, 2.24) is 25.2 Å². The highest BCUT2D eigenvalue weighted by molar-refractivity contribution is 5.93. The summed E-state index contributed by atoms with van der Waals surface area (Å²) in [4.78, 5) is 27.0. The molecular weight excluding hydrogens is 330 g/mol. The van der Waals surface area contributed by atoms with E-state index >= 15 is 0 Å². The first-order valence-corrected chi connectivity index (χ1v) is 8.28. The van der Waals surface area contributed by atoms with Crippen molar-refractivity contribution < 1.29 is 9.21 Å². The van der Waals surface area contributed by atoms with Crippen LogP contribution in [0.1, 0.15) is 27.9 Å². The lowest BCUT2D eigenvalue weighted by Crippen LogP contribution is -2.34. The molecule has 1 N–H and O–H groups in total. The van der Waals surface area contributed by atoms with E-state index in [0.29, 0.717) is 17.9 Å². The summed E-state index contributed by atoms with van der Waals surface area (Å²) in [7, 11) is 3.89. The van der Waals surface area contributed by atoms with Crippen molar-refractivity contribution in [3.05, 3.63) is 66.1 Å². The number of furan rings is 1. The summed E-state index contributed by atoms with van der Waals surface area (Å²) in [5.41, 5.74) is 1.21. The number of carbonyl (C=O) groups excluding carboxylic acids is 1. The lowest BCUT2D eigenvalue weighted by atomic mass is 10.2. The number of nitrogens with one attached hydrogen (secondary N) is 1. The van der Waals surface area contributed by atoms with Gasteiger partial charge in [-0.05, 0) is 45.3 Å². The summed E-state index contributed by atoms with van der Waals surface area (Å²) in [6.07, 6.45) is 6.41. The highest BCUT2D eigenvalue weighted by Gasteiger charge is 2.19. The molecule has 0 spiro atoms. The third-order valence-electron chi connectivity index (χ3n) is 4.00. The fraction of sp³-hybridized carbons (Fsp3) is 0.263. The summed E-state index contributed by atoms with van der Waals surface area (Å²) in [6.45, 7) is 2.32. The summed E-state index contributed by atoms with van der Waals surface area (Å²) in [5.74, 6) is 1.97. The van der Waals surface area contributed by atoms with Crippen molar-refractivity contribution in [3.8, 4) is 11.4 Å². The number of aromatic nitrogens is 3. The topological polar surface area (TPSA) is 84.2 Å². The van der Waals surface area contributed by atoms with E-state index in [2.05, 4.69) is 20.3 Å². The van der Waals surface area contributed by atoms with Crippen LogP contribution in [-0.4, -0.2) is 46.4 Å². The van der Waals surface area contributed by atoms with Crippen LogP contribution in [0.3, 0.4) is 0 Å². The van der Waals surface area contributed by atoms with Crippen LogP contribution in [0, 0.1) is 6.92 Å². The van der Waals surface area contributed by atoms with Crippen molar-refractivity contribution in [3.63, 3.8) is 0 Å². The minimum Gasteiger partial charge on any atom is -0.465 e.